The Labute approximate surface area is 91.5 Å². The van der Waals surface area contributed by atoms with Gasteiger partial charge in [0.2, 0.25) is 0 Å². The highest BCUT2D eigenvalue weighted by Crippen LogP contribution is 1.89. The summed E-state index contributed by atoms with van der Waals surface area (Å²) in [6.45, 7) is 8.13. The van der Waals surface area contributed by atoms with Crippen LogP contribution in [0.4, 0.5) is 0 Å². The van der Waals surface area contributed by atoms with Crippen molar-refractivity contribution < 1.29 is 0 Å². The van der Waals surface area contributed by atoms with Gasteiger partial charge in [0.05, 0.1) is 6.54 Å². The van der Waals surface area contributed by atoms with Gasteiger partial charge in [-0.3, -0.25) is 0 Å². The Morgan fingerprint density at radius 2 is 1.80 bits per heavy atom. The van der Waals surface area contributed by atoms with Crippen molar-refractivity contribution in [3.05, 3.63) is 24.3 Å². The molecule has 0 aliphatic heterocycles. The molecule has 4 heteroatoms. The molecule has 0 radical (unpaired) electrons. The van der Waals surface area contributed by atoms with E-state index in [1.807, 2.05) is 6.07 Å². The van der Waals surface area contributed by atoms with Gasteiger partial charge in [0.15, 0.2) is 0 Å². The summed E-state index contributed by atoms with van der Waals surface area (Å²) in [5.74, 6) is 0.842. The molecule has 0 aromatic carbocycles. The fourth-order valence-corrected chi connectivity index (χ4v) is 1.17. The van der Waals surface area contributed by atoms with E-state index in [1.54, 1.807) is 12.4 Å². The number of aromatic nitrogens is 2. The lowest BCUT2D eigenvalue weighted by Crippen LogP contribution is -2.38. The van der Waals surface area contributed by atoms with Gasteiger partial charge in [-0.15, -0.1) is 0 Å². The molecule has 0 aliphatic rings. The number of hydrogen-bond donors (Lipinski definition) is 2. The van der Waals surface area contributed by atoms with Crippen LogP contribution in [-0.2, 0) is 6.54 Å². The lowest BCUT2D eigenvalue weighted by atomic mass is 10.3. The quantitative estimate of drug-likeness (QED) is 0.731. The first-order chi connectivity index (χ1) is 7.18. The Balaban J connectivity index is 2.19. The number of nitrogens with one attached hydrogen (secondary N) is 2. The zero-order valence-electron chi connectivity index (χ0n) is 9.70. The molecular weight excluding hydrogens is 188 g/mol. The molecule has 0 fully saturated rings. The lowest BCUT2D eigenvalue weighted by Gasteiger charge is -2.15. The van der Waals surface area contributed by atoms with Crippen LogP contribution in [0.5, 0.6) is 0 Å². The van der Waals surface area contributed by atoms with Crippen LogP contribution in [0.1, 0.15) is 26.6 Å². The van der Waals surface area contributed by atoms with Gasteiger partial charge in [0.1, 0.15) is 5.82 Å². The Bertz CT molecular complexity index is 261. The summed E-state index contributed by atoms with van der Waals surface area (Å²) in [6.07, 6.45) is 3.53. The molecule has 2 N–H and O–H groups in total. The molecule has 1 heterocycles. The molecular formula is C11H20N4. The molecule has 1 atom stereocenters. The van der Waals surface area contributed by atoms with E-state index >= 15 is 0 Å². The van der Waals surface area contributed by atoms with E-state index in [2.05, 4.69) is 41.4 Å². The lowest BCUT2D eigenvalue weighted by molar-refractivity contribution is 0.468. The van der Waals surface area contributed by atoms with E-state index in [1.165, 1.54) is 0 Å². The van der Waals surface area contributed by atoms with E-state index in [4.69, 9.17) is 0 Å². The molecule has 0 spiro atoms. The Morgan fingerprint density at radius 1 is 1.13 bits per heavy atom. The van der Waals surface area contributed by atoms with Crippen molar-refractivity contribution in [2.24, 2.45) is 0 Å². The highest BCUT2D eigenvalue weighted by molar-refractivity contribution is 4.88. The molecule has 1 aromatic rings. The summed E-state index contributed by atoms with van der Waals surface area (Å²) < 4.78 is 0. The minimum absolute atomic E-state index is 0.427. The second kappa shape index (κ2) is 6.48. The SMILES string of the molecule is CC(C)NCC(C)NCc1ncccn1. The molecule has 1 aromatic heterocycles. The van der Waals surface area contributed by atoms with Crippen molar-refractivity contribution >= 4 is 0 Å². The van der Waals surface area contributed by atoms with Gasteiger partial charge in [0.25, 0.3) is 0 Å². The van der Waals surface area contributed by atoms with E-state index in [-0.39, 0.29) is 0 Å². The van der Waals surface area contributed by atoms with E-state index in [0.717, 1.165) is 18.9 Å². The maximum atomic E-state index is 4.15. The van der Waals surface area contributed by atoms with Gasteiger partial charge in [0, 0.05) is 31.0 Å². The monoisotopic (exact) mass is 208 g/mol. The van der Waals surface area contributed by atoms with Gasteiger partial charge in [-0.25, -0.2) is 9.97 Å². The van der Waals surface area contributed by atoms with Gasteiger partial charge >= 0.3 is 0 Å². The summed E-state index contributed by atoms with van der Waals surface area (Å²) in [5, 5.41) is 6.74. The van der Waals surface area contributed by atoms with Gasteiger partial charge < -0.3 is 10.6 Å². The minimum atomic E-state index is 0.427. The Hall–Kier alpha value is -1.00. The van der Waals surface area contributed by atoms with Crippen molar-refractivity contribution in [1.82, 2.24) is 20.6 Å². The van der Waals surface area contributed by atoms with Crippen molar-refractivity contribution in [3.63, 3.8) is 0 Å². The highest BCUT2D eigenvalue weighted by atomic mass is 15.0. The predicted octanol–water partition coefficient (Wildman–Crippen LogP) is 0.953. The van der Waals surface area contributed by atoms with Crippen molar-refractivity contribution in [3.8, 4) is 0 Å². The average Bonchev–Trinajstić information content (AvgIpc) is 2.25. The fourth-order valence-electron chi connectivity index (χ4n) is 1.17. The standard InChI is InChI=1S/C11H20N4/c1-9(2)14-7-10(3)15-8-11-12-5-4-6-13-11/h4-6,9-10,14-15H,7-8H2,1-3H3. The summed E-state index contributed by atoms with van der Waals surface area (Å²) in [5.41, 5.74) is 0. The second-order valence-electron chi connectivity index (χ2n) is 4.01. The first kappa shape index (κ1) is 12.1. The normalized spacial score (nSPS) is 13.1. The molecule has 0 saturated carbocycles. The maximum Gasteiger partial charge on any atom is 0.141 e. The van der Waals surface area contributed by atoms with E-state index in [0.29, 0.717) is 12.1 Å². The third-order valence-corrected chi connectivity index (χ3v) is 2.06. The van der Waals surface area contributed by atoms with Crippen LogP contribution in [0.2, 0.25) is 0 Å². The van der Waals surface area contributed by atoms with Crippen LogP contribution in [0.15, 0.2) is 18.5 Å². The van der Waals surface area contributed by atoms with Crippen molar-refractivity contribution in [2.75, 3.05) is 6.54 Å². The van der Waals surface area contributed by atoms with Crippen LogP contribution in [-0.4, -0.2) is 28.6 Å². The molecule has 0 aliphatic carbocycles. The Morgan fingerprint density at radius 3 is 2.40 bits per heavy atom. The largest absolute Gasteiger partial charge is 0.313 e. The van der Waals surface area contributed by atoms with Crippen molar-refractivity contribution in [2.45, 2.75) is 39.4 Å². The molecule has 0 amide bonds. The summed E-state index contributed by atoms with van der Waals surface area (Å²) in [4.78, 5) is 8.30. The van der Waals surface area contributed by atoms with Crippen molar-refractivity contribution in [1.29, 1.82) is 0 Å². The number of nitrogens with zero attached hydrogens (tertiary/aromatic N) is 2. The zero-order valence-corrected chi connectivity index (χ0v) is 9.70. The van der Waals surface area contributed by atoms with Crippen LogP contribution in [0.25, 0.3) is 0 Å². The number of rotatable bonds is 6. The molecule has 15 heavy (non-hydrogen) atoms. The minimum Gasteiger partial charge on any atom is -0.313 e. The van der Waals surface area contributed by atoms with Gasteiger partial charge in [-0.1, -0.05) is 13.8 Å². The van der Waals surface area contributed by atoms with Crippen LogP contribution < -0.4 is 10.6 Å². The molecule has 0 bridgehead atoms. The third kappa shape index (κ3) is 5.44. The summed E-state index contributed by atoms with van der Waals surface area (Å²) >= 11 is 0. The smallest absolute Gasteiger partial charge is 0.141 e. The molecule has 84 valence electrons. The third-order valence-electron chi connectivity index (χ3n) is 2.06. The zero-order chi connectivity index (χ0) is 11.1. The summed E-state index contributed by atoms with van der Waals surface area (Å²) in [6, 6.07) is 2.78. The van der Waals surface area contributed by atoms with Crippen LogP contribution in [0.3, 0.4) is 0 Å². The highest BCUT2D eigenvalue weighted by Gasteiger charge is 2.02. The first-order valence-corrected chi connectivity index (χ1v) is 5.41. The molecule has 1 rings (SSSR count). The van der Waals surface area contributed by atoms with Crippen LogP contribution >= 0.6 is 0 Å². The predicted molar refractivity (Wildman–Crippen MR) is 61.5 cm³/mol. The fraction of sp³-hybridized carbons (Fsp3) is 0.636. The molecule has 1 unspecified atom stereocenters. The first-order valence-electron chi connectivity index (χ1n) is 5.41. The summed E-state index contributed by atoms with van der Waals surface area (Å²) in [7, 11) is 0. The van der Waals surface area contributed by atoms with Gasteiger partial charge in [-0.05, 0) is 13.0 Å². The Kier molecular flexibility index (Phi) is 5.21. The van der Waals surface area contributed by atoms with E-state index in [9.17, 15) is 0 Å². The topological polar surface area (TPSA) is 49.8 Å². The van der Waals surface area contributed by atoms with Crippen LogP contribution in [0, 0.1) is 0 Å². The second-order valence-corrected chi connectivity index (χ2v) is 4.01. The number of hydrogen-bond acceptors (Lipinski definition) is 4. The maximum absolute atomic E-state index is 4.15. The molecule has 4 nitrogen and oxygen atoms in total. The average molecular weight is 208 g/mol. The van der Waals surface area contributed by atoms with E-state index < -0.39 is 0 Å². The molecule has 0 saturated heterocycles. The van der Waals surface area contributed by atoms with Gasteiger partial charge in [-0.2, -0.15) is 0 Å².